The number of rotatable bonds is 8. The molecule has 6 heteroatoms. The molecule has 1 saturated heterocycles. The van der Waals surface area contributed by atoms with Crippen molar-refractivity contribution < 1.29 is 18.6 Å². The molecule has 1 atom stereocenters. The van der Waals surface area contributed by atoms with E-state index in [1.807, 2.05) is 30.3 Å². The minimum atomic E-state index is -0.214. The molecule has 2 aromatic rings. The summed E-state index contributed by atoms with van der Waals surface area (Å²) in [7, 11) is 3.29. The number of nitrogens with zero attached hydrogens (tertiary/aromatic N) is 1. The third-order valence-electron chi connectivity index (χ3n) is 4.88. The summed E-state index contributed by atoms with van der Waals surface area (Å²) in [5.74, 6) is 1.26. The number of hydrogen-bond donors (Lipinski definition) is 1. The van der Waals surface area contributed by atoms with Crippen LogP contribution in [-0.2, 0) is 11.3 Å². The van der Waals surface area contributed by atoms with Crippen LogP contribution in [0.25, 0.3) is 0 Å². The summed E-state index contributed by atoms with van der Waals surface area (Å²) in [4.78, 5) is 2.38. The molecule has 1 N–H and O–H groups in total. The van der Waals surface area contributed by atoms with Gasteiger partial charge in [-0.3, -0.25) is 4.90 Å². The Kier molecular flexibility index (Phi) is 7.04. The van der Waals surface area contributed by atoms with Crippen LogP contribution >= 0.6 is 0 Å². The van der Waals surface area contributed by atoms with Gasteiger partial charge in [-0.2, -0.15) is 0 Å². The van der Waals surface area contributed by atoms with Crippen molar-refractivity contribution in [3.8, 4) is 11.5 Å². The van der Waals surface area contributed by atoms with Crippen molar-refractivity contribution in [3.63, 3.8) is 0 Å². The van der Waals surface area contributed by atoms with Gasteiger partial charge in [-0.05, 0) is 23.8 Å². The van der Waals surface area contributed by atoms with E-state index < -0.39 is 0 Å². The first-order valence-electron chi connectivity index (χ1n) is 9.20. The van der Waals surface area contributed by atoms with Crippen LogP contribution < -0.4 is 14.8 Å². The Morgan fingerprint density at radius 1 is 1.07 bits per heavy atom. The second kappa shape index (κ2) is 9.69. The smallest absolute Gasteiger partial charge is 0.165 e. The molecule has 1 fully saturated rings. The lowest BCUT2D eigenvalue weighted by molar-refractivity contribution is 0.0161. The molecule has 0 radical (unpaired) electrons. The molecule has 2 aromatic carbocycles. The SMILES string of the molecule is COc1cccc(CNCC(c2ccc(F)cc2)N2CCOCC2)c1OC. The van der Waals surface area contributed by atoms with Gasteiger partial charge in [0.05, 0.1) is 27.4 Å². The van der Waals surface area contributed by atoms with Gasteiger partial charge in [-0.15, -0.1) is 0 Å². The fraction of sp³-hybridized carbons (Fsp3) is 0.429. The maximum Gasteiger partial charge on any atom is 0.165 e. The van der Waals surface area contributed by atoms with E-state index in [0.717, 1.165) is 55.5 Å². The maximum atomic E-state index is 13.3. The topological polar surface area (TPSA) is 43.0 Å². The van der Waals surface area contributed by atoms with E-state index in [-0.39, 0.29) is 11.9 Å². The fourth-order valence-electron chi connectivity index (χ4n) is 3.47. The Balaban J connectivity index is 1.70. The highest BCUT2D eigenvalue weighted by atomic mass is 19.1. The average molecular weight is 374 g/mol. The van der Waals surface area contributed by atoms with Gasteiger partial charge < -0.3 is 19.5 Å². The minimum absolute atomic E-state index is 0.158. The van der Waals surface area contributed by atoms with E-state index in [1.165, 1.54) is 12.1 Å². The van der Waals surface area contributed by atoms with Gasteiger partial charge in [-0.25, -0.2) is 4.39 Å². The average Bonchev–Trinajstić information content (AvgIpc) is 2.72. The summed E-state index contributed by atoms with van der Waals surface area (Å²) in [5.41, 5.74) is 2.14. The third-order valence-corrected chi connectivity index (χ3v) is 4.88. The van der Waals surface area contributed by atoms with Crippen LogP contribution in [0.5, 0.6) is 11.5 Å². The molecule has 3 rings (SSSR count). The molecule has 1 heterocycles. The van der Waals surface area contributed by atoms with Crippen molar-refractivity contribution in [2.45, 2.75) is 12.6 Å². The van der Waals surface area contributed by atoms with Crippen molar-refractivity contribution in [1.82, 2.24) is 10.2 Å². The zero-order valence-corrected chi connectivity index (χ0v) is 15.9. The van der Waals surface area contributed by atoms with Crippen LogP contribution in [0.2, 0.25) is 0 Å². The lowest BCUT2D eigenvalue weighted by Gasteiger charge is -2.35. The van der Waals surface area contributed by atoms with Crippen molar-refractivity contribution in [2.75, 3.05) is 47.1 Å². The Morgan fingerprint density at radius 3 is 2.48 bits per heavy atom. The first-order valence-corrected chi connectivity index (χ1v) is 9.20. The summed E-state index contributed by atoms with van der Waals surface area (Å²) in [6, 6.07) is 12.8. The van der Waals surface area contributed by atoms with E-state index in [0.29, 0.717) is 6.54 Å². The van der Waals surface area contributed by atoms with E-state index in [4.69, 9.17) is 14.2 Å². The molecule has 1 unspecified atom stereocenters. The van der Waals surface area contributed by atoms with Crippen LogP contribution in [0.3, 0.4) is 0 Å². The molecule has 0 aliphatic carbocycles. The third kappa shape index (κ3) is 4.97. The van der Waals surface area contributed by atoms with Gasteiger partial charge in [0, 0.05) is 37.8 Å². The minimum Gasteiger partial charge on any atom is -0.493 e. The van der Waals surface area contributed by atoms with E-state index in [9.17, 15) is 4.39 Å². The zero-order chi connectivity index (χ0) is 19.1. The van der Waals surface area contributed by atoms with Crippen LogP contribution in [0.4, 0.5) is 4.39 Å². The Bertz CT molecular complexity index is 718. The molecule has 0 spiro atoms. The highest BCUT2D eigenvalue weighted by molar-refractivity contribution is 5.46. The Hall–Kier alpha value is -2.15. The van der Waals surface area contributed by atoms with E-state index >= 15 is 0 Å². The Morgan fingerprint density at radius 2 is 1.81 bits per heavy atom. The standard InChI is InChI=1S/C21H27FN2O3/c1-25-20-5-3-4-17(21(20)26-2)14-23-15-19(24-10-12-27-13-11-24)16-6-8-18(22)9-7-16/h3-9,19,23H,10-15H2,1-2H3. The van der Waals surface area contributed by atoms with E-state index in [1.54, 1.807) is 14.2 Å². The van der Waals surface area contributed by atoms with Crippen molar-refractivity contribution in [2.24, 2.45) is 0 Å². The number of ether oxygens (including phenoxy) is 3. The van der Waals surface area contributed by atoms with Crippen LogP contribution in [0.1, 0.15) is 17.2 Å². The number of benzene rings is 2. The number of para-hydroxylation sites is 1. The van der Waals surface area contributed by atoms with Gasteiger partial charge in [0.1, 0.15) is 5.82 Å². The molecule has 1 aliphatic rings. The molecule has 5 nitrogen and oxygen atoms in total. The van der Waals surface area contributed by atoms with Gasteiger partial charge in [0.2, 0.25) is 0 Å². The first-order chi connectivity index (χ1) is 13.2. The fourth-order valence-corrected chi connectivity index (χ4v) is 3.47. The predicted octanol–water partition coefficient (Wildman–Crippen LogP) is 3.01. The number of nitrogens with one attached hydrogen (secondary N) is 1. The van der Waals surface area contributed by atoms with Gasteiger partial charge in [-0.1, -0.05) is 24.3 Å². The molecule has 0 aromatic heterocycles. The van der Waals surface area contributed by atoms with Crippen molar-refractivity contribution >= 4 is 0 Å². The van der Waals surface area contributed by atoms with Gasteiger partial charge in [0.25, 0.3) is 0 Å². The number of hydrogen-bond acceptors (Lipinski definition) is 5. The summed E-state index contributed by atoms with van der Waals surface area (Å²) in [6.07, 6.45) is 0. The monoisotopic (exact) mass is 374 g/mol. The molecule has 146 valence electrons. The van der Waals surface area contributed by atoms with Crippen molar-refractivity contribution in [1.29, 1.82) is 0 Å². The maximum absolute atomic E-state index is 13.3. The second-order valence-electron chi connectivity index (χ2n) is 6.50. The largest absolute Gasteiger partial charge is 0.493 e. The van der Waals surface area contributed by atoms with Gasteiger partial charge >= 0.3 is 0 Å². The number of halogens is 1. The van der Waals surface area contributed by atoms with Crippen LogP contribution in [0, 0.1) is 5.82 Å². The number of methoxy groups -OCH3 is 2. The molecule has 1 aliphatic heterocycles. The number of morpholine rings is 1. The van der Waals surface area contributed by atoms with Crippen LogP contribution in [0.15, 0.2) is 42.5 Å². The molecular formula is C21H27FN2O3. The summed E-state index contributed by atoms with van der Waals surface area (Å²) >= 11 is 0. The second-order valence-corrected chi connectivity index (χ2v) is 6.50. The molecular weight excluding hydrogens is 347 g/mol. The lowest BCUT2D eigenvalue weighted by atomic mass is 10.0. The van der Waals surface area contributed by atoms with E-state index in [2.05, 4.69) is 10.2 Å². The van der Waals surface area contributed by atoms with Crippen molar-refractivity contribution in [3.05, 3.63) is 59.4 Å². The Labute approximate surface area is 160 Å². The normalized spacial score (nSPS) is 16.1. The van der Waals surface area contributed by atoms with Gasteiger partial charge in [0.15, 0.2) is 11.5 Å². The quantitative estimate of drug-likeness (QED) is 0.769. The summed E-state index contributed by atoms with van der Waals surface area (Å²) in [5, 5.41) is 3.53. The molecule has 0 saturated carbocycles. The van der Waals surface area contributed by atoms with Crippen LogP contribution in [-0.4, -0.2) is 52.0 Å². The lowest BCUT2D eigenvalue weighted by Crippen LogP contribution is -2.42. The highest BCUT2D eigenvalue weighted by Crippen LogP contribution is 2.30. The predicted molar refractivity (Wildman–Crippen MR) is 103 cm³/mol. The zero-order valence-electron chi connectivity index (χ0n) is 15.9. The highest BCUT2D eigenvalue weighted by Gasteiger charge is 2.22. The summed E-state index contributed by atoms with van der Waals surface area (Å²) < 4.78 is 29.7. The molecule has 0 amide bonds. The summed E-state index contributed by atoms with van der Waals surface area (Å²) in [6.45, 7) is 4.58. The first kappa shape index (κ1) is 19.6. The molecule has 27 heavy (non-hydrogen) atoms. The molecule has 0 bridgehead atoms.